The minimum atomic E-state index is -0.669. The molecule has 0 aliphatic carbocycles. The fourth-order valence-electron chi connectivity index (χ4n) is 3.13. The summed E-state index contributed by atoms with van der Waals surface area (Å²) in [6, 6.07) is 12.2. The van der Waals surface area contributed by atoms with Gasteiger partial charge in [-0.05, 0) is 43.3 Å². The number of hydrogen-bond acceptors (Lipinski definition) is 5. The zero-order valence-corrected chi connectivity index (χ0v) is 14.8. The number of carbonyl (C=O) groups is 1. The van der Waals surface area contributed by atoms with Gasteiger partial charge >= 0.3 is 0 Å². The number of rotatable bonds is 5. The third kappa shape index (κ3) is 2.87. The number of furan rings is 2. The summed E-state index contributed by atoms with van der Waals surface area (Å²) in [5, 5.41) is 21.0. The van der Waals surface area contributed by atoms with Gasteiger partial charge in [-0.1, -0.05) is 12.1 Å². The Morgan fingerprint density at radius 3 is 2.54 bits per heavy atom. The zero-order chi connectivity index (χ0) is 19.8. The Bertz CT molecular complexity index is 1150. The number of hydrogen-bond donors (Lipinski definition) is 2. The number of nitrogens with zero attached hydrogens (tertiary/aromatic N) is 1. The van der Waals surface area contributed by atoms with E-state index in [9.17, 15) is 19.4 Å². The predicted octanol–water partition coefficient (Wildman–Crippen LogP) is 4.48. The van der Waals surface area contributed by atoms with Gasteiger partial charge in [0, 0.05) is 5.56 Å². The smallest absolute Gasteiger partial charge is 0.236 e. The van der Waals surface area contributed by atoms with E-state index in [2.05, 4.69) is 0 Å². The number of aromatic hydroxyl groups is 2. The Kier molecular flexibility index (Phi) is 4.27. The molecule has 0 fully saturated rings. The third-order valence-electron chi connectivity index (χ3n) is 4.43. The van der Waals surface area contributed by atoms with Crippen molar-refractivity contribution in [3.05, 3.63) is 83.5 Å². The molecule has 0 saturated heterocycles. The van der Waals surface area contributed by atoms with E-state index < -0.39 is 23.2 Å². The lowest BCUT2D eigenvalue weighted by Crippen LogP contribution is -2.06. The second-order valence-corrected chi connectivity index (χ2v) is 6.28. The molecule has 0 unspecified atom stereocenters. The molecule has 7 heteroatoms. The highest BCUT2D eigenvalue weighted by Gasteiger charge is 2.31. The van der Waals surface area contributed by atoms with Crippen molar-refractivity contribution in [3.8, 4) is 22.9 Å². The first kappa shape index (κ1) is 17.7. The highest BCUT2D eigenvalue weighted by atomic mass is 19.1. The molecule has 0 aliphatic rings. The number of halogens is 1. The molecule has 0 spiro atoms. The van der Waals surface area contributed by atoms with Crippen molar-refractivity contribution in [2.75, 3.05) is 0 Å². The van der Waals surface area contributed by atoms with E-state index in [0.29, 0.717) is 11.5 Å². The van der Waals surface area contributed by atoms with Crippen LogP contribution in [-0.4, -0.2) is 20.6 Å². The summed E-state index contributed by atoms with van der Waals surface area (Å²) in [6.07, 6.45) is 1.45. The standard InChI is InChI=1S/C21H16FNO5/c1-12-8-9-16(28-12)19(24)17-18(14-6-2-3-7-15(14)22)23(21(26)20(17)25)11-13-5-4-10-27-13/h2-10,25-26H,11H2,1H3. The van der Waals surface area contributed by atoms with Crippen LogP contribution in [0.25, 0.3) is 11.3 Å². The van der Waals surface area contributed by atoms with Gasteiger partial charge in [-0.15, -0.1) is 0 Å². The highest BCUT2D eigenvalue weighted by molar-refractivity contribution is 6.13. The summed E-state index contributed by atoms with van der Waals surface area (Å²) in [6.45, 7) is 1.66. The molecule has 3 heterocycles. The number of aromatic nitrogens is 1. The van der Waals surface area contributed by atoms with Crippen LogP contribution >= 0.6 is 0 Å². The maximum atomic E-state index is 14.6. The summed E-state index contributed by atoms with van der Waals surface area (Å²) in [5.41, 5.74) is -0.164. The molecule has 142 valence electrons. The highest BCUT2D eigenvalue weighted by Crippen LogP contribution is 2.43. The van der Waals surface area contributed by atoms with Gasteiger partial charge in [-0.25, -0.2) is 4.39 Å². The van der Waals surface area contributed by atoms with E-state index in [1.54, 1.807) is 31.2 Å². The number of benzene rings is 1. The lowest BCUT2D eigenvalue weighted by molar-refractivity contribution is 0.101. The third-order valence-corrected chi connectivity index (χ3v) is 4.43. The Hall–Kier alpha value is -3.74. The monoisotopic (exact) mass is 381 g/mol. The topological polar surface area (TPSA) is 88.7 Å². The van der Waals surface area contributed by atoms with Crippen LogP contribution in [0, 0.1) is 12.7 Å². The lowest BCUT2D eigenvalue weighted by Gasteiger charge is -2.11. The van der Waals surface area contributed by atoms with E-state index in [4.69, 9.17) is 8.83 Å². The van der Waals surface area contributed by atoms with Crippen LogP contribution in [0.5, 0.6) is 11.6 Å². The van der Waals surface area contributed by atoms with Crippen molar-refractivity contribution in [2.45, 2.75) is 13.5 Å². The summed E-state index contributed by atoms with van der Waals surface area (Å²) < 4.78 is 26.5. The predicted molar refractivity (Wildman–Crippen MR) is 97.8 cm³/mol. The van der Waals surface area contributed by atoms with Gasteiger partial charge in [-0.3, -0.25) is 4.79 Å². The minimum absolute atomic E-state index is 0.0134. The average molecular weight is 381 g/mol. The van der Waals surface area contributed by atoms with E-state index >= 15 is 0 Å². The van der Waals surface area contributed by atoms with Crippen molar-refractivity contribution < 1.29 is 28.2 Å². The normalized spacial score (nSPS) is 11.1. The molecular formula is C21H16FNO5. The Labute approximate surface area is 159 Å². The van der Waals surface area contributed by atoms with Crippen LogP contribution in [0.2, 0.25) is 0 Å². The SMILES string of the molecule is Cc1ccc(C(=O)c2c(O)c(O)n(Cc3ccco3)c2-c2ccccc2F)o1. The largest absolute Gasteiger partial charge is 0.503 e. The van der Waals surface area contributed by atoms with Gasteiger partial charge in [-0.2, -0.15) is 0 Å². The van der Waals surface area contributed by atoms with Gasteiger partial charge in [0.15, 0.2) is 11.5 Å². The molecule has 2 N–H and O–H groups in total. The Morgan fingerprint density at radius 1 is 1.11 bits per heavy atom. The molecule has 6 nitrogen and oxygen atoms in total. The quantitative estimate of drug-likeness (QED) is 0.498. The van der Waals surface area contributed by atoms with Gasteiger partial charge in [0.05, 0.1) is 24.1 Å². The Balaban J connectivity index is 1.97. The maximum Gasteiger partial charge on any atom is 0.236 e. The van der Waals surface area contributed by atoms with Crippen LogP contribution in [0.3, 0.4) is 0 Å². The first-order chi connectivity index (χ1) is 13.5. The molecule has 0 saturated carbocycles. The Morgan fingerprint density at radius 2 is 1.89 bits per heavy atom. The van der Waals surface area contributed by atoms with E-state index in [1.807, 2.05) is 0 Å². The maximum absolute atomic E-state index is 14.6. The van der Waals surface area contributed by atoms with E-state index in [-0.39, 0.29) is 29.1 Å². The van der Waals surface area contributed by atoms with Crippen LogP contribution in [-0.2, 0) is 6.54 Å². The van der Waals surface area contributed by atoms with Crippen LogP contribution in [0.15, 0.2) is 63.6 Å². The fourth-order valence-corrected chi connectivity index (χ4v) is 3.13. The van der Waals surface area contributed by atoms with Crippen LogP contribution in [0.4, 0.5) is 4.39 Å². The lowest BCUT2D eigenvalue weighted by atomic mass is 10.0. The van der Waals surface area contributed by atoms with Crippen molar-refractivity contribution in [3.63, 3.8) is 0 Å². The van der Waals surface area contributed by atoms with E-state index in [1.165, 1.54) is 35.1 Å². The number of carbonyl (C=O) groups excluding carboxylic acids is 1. The first-order valence-electron chi connectivity index (χ1n) is 8.50. The fraction of sp³-hybridized carbons (Fsp3) is 0.0952. The first-order valence-corrected chi connectivity index (χ1v) is 8.50. The average Bonchev–Trinajstić information content (AvgIpc) is 3.39. The molecule has 0 amide bonds. The van der Waals surface area contributed by atoms with Crippen molar-refractivity contribution in [1.82, 2.24) is 4.57 Å². The summed E-state index contributed by atoms with van der Waals surface area (Å²) in [5.74, 6) is -1.56. The minimum Gasteiger partial charge on any atom is -0.503 e. The van der Waals surface area contributed by atoms with Crippen molar-refractivity contribution in [2.24, 2.45) is 0 Å². The molecule has 0 aliphatic heterocycles. The van der Waals surface area contributed by atoms with Gasteiger partial charge in [0.2, 0.25) is 11.7 Å². The molecule has 0 radical (unpaired) electrons. The van der Waals surface area contributed by atoms with Gasteiger partial charge < -0.3 is 23.6 Å². The number of ketones is 1. The summed E-state index contributed by atoms with van der Waals surface area (Å²) >= 11 is 0. The molecule has 0 bridgehead atoms. The second kappa shape index (κ2) is 6.77. The van der Waals surface area contributed by atoms with Crippen LogP contribution < -0.4 is 0 Å². The molecule has 4 aromatic rings. The molecule has 1 aromatic carbocycles. The van der Waals surface area contributed by atoms with Gasteiger partial charge in [0.25, 0.3) is 0 Å². The summed E-state index contributed by atoms with van der Waals surface area (Å²) in [7, 11) is 0. The van der Waals surface area contributed by atoms with Gasteiger partial charge in [0.1, 0.15) is 17.3 Å². The molecule has 4 rings (SSSR count). The van der Waals surface area contributed by atoms with Crippen molar-refractivity contribution >= 4 is 5.78 Å². The summed E-state index contributed by atoms with van der Waals surface area (Å²) in [4.78, 5) is 13.0. The van der Waals surface area contributed by atoms with Crippen LogP contribution in [0.1, 0.15) is 27.6 Å². The molecular weight excluding hydrogens is 365 g/mol. The van der Waals surface area contributed by atoms with E-state index in [0.717, 1.165) is 0 Å². The van der Waals surface area contributed by atoms with Crippen molar-refractivity contribution in [1.29, 1.82) is 0 Å². The zero-order valence-electron chi connectivity index (χ0n) is 14.8. The molecule has 0 atom stereocenters. The molecule has 3 aromatic heterocycles. The number of aryl methyl sites for hydroxylation is 1. The second-order valence-electron chi connectivity index (χ2n) is 6.28. The molecule has 28 heavy (non-hydrogen) atoms.